The average Bonchev–Trinajstić information content (AvgIpc) is 2.21. The van der Waals surface area contributed by atoms with Crippen molar-refractivity contribution < 1.29 is 0 Å². The molecule has 3 heteroatoms. The summed E-state index contributed by atoms with van der Waals surface area (Å²) in [5.74, 6) is 6.41. The van der Waals surface area contributed by atoms with Crippen LogP contribution >= 0.6 is 0 Å². The Hall–Kier alpha value is -1.30. The van der Waals surface area contributed by atoms with E-state index < -0.39 is 16.1 Å². The third kappa shape index (κ3) is 7.01. The highest BCUT2D eigenvalue weighted by Crippen LogP contribution is 2.06. The third-order valence-electron chi connectivity index (χ3n) is 2.10. The second-order valence-corrected chi connectivity index (χ2v) is 16.4. The standard InChI is InChI=1S/C16H23NSi2/c1-14-12-15(8-10-18(2,3)4)17-16(13-14)9-11-19(5,6)7/h12-13H,1-7H3. The second-order valence-electron chi connectivity index (χ2n) is 6.91. The number of hydrogen-bond donors (Lipinski definition) is 0. The largest absolute Gasteiger partial charge is 0.231 e. The first kappa shape index (κ1) is 15.8. The predicted octanol–water partition coefficient (Wildman–Crippen LogP) is 3.85. The van der Waals surface area contributed by atoms with Crippen molar-refractivity contribution >= 4 is 16.1 Å². The molecule has 0 aliphatic rings. The highest BCUT2D eigenvalue weighted by atomic mass is 28.3. The molecular weight excluding hydrogens is 262 g/mol. The summed E-state index contributed by atoms with van der Waals surface area (Å²) in [6, 6.07) is 4.07. The Bertz CT molecular complexity index is 531. The molecule has 0 saturated heterocycles. The summed E-state index contributed by atoms with van der Waals surface area (Å²) in [6.45, 7) is 15.5. The smallest absolute Gasteiger partial charge is 0.129 e. The predicted molar refractivity (Wildman–Crippen MR) is 89.4 cm³/mol. The molecule has 0 bridgehead atoms. The second kappa shape index (κ2) is 5.78. The molecule has 0 unspecified atom stereocenters. The van der Waals surface area contributed by atoms with Crippen molar-refractivity contribution in [1.29, 1.82) is 0 Å². The van der Waals surface area contributed by atoms with Crippen LogP contribution in [-0.2, 0) is 0 Å². The molecule has 0 amide bonds. The number of aryl methyl sites for hydroxylation is 1. The van der Waals surface area contributed by atoms with Gasteiger partial charge in [-0.25, -0.2) is 4.98 Å². The summed E-state index contributed by atoms with van der Waals surface area (Å²) in [5.41, 5.74) is 9.58. The first-order valence-electron chi connectivity index (χ1n) is 6.60. The van der Waals surface area contributed by atoms with Gasteiger partial charge >= 0.3 is 0 Å². The molecule has 1 nitrogen and oxygen atoms in total. The van der Waals surface area contributed by atoms with Gasteiger partial charge in [0.25, 0.3) is 0 Å². The lowest BCUT2D eigenvalue weighted by Crippen LogP contribution is -2.16. The Balaban J connectivity index is 3.13. The molecule has 1 heterocycles. The Labute approximate surface area is 119 Å². The number of hydrogen-bond acceptors (Lipinski definition) is 1. The average molecular weight is 286 g/mol. The van der Waals surface area contributed by atoms with Crippen molar-refractivity contribution in [2.24, 2.45) is 0 Å². The minimum absolute atomic E-state index is 0.849. The molecule has 100 valence electrons. The van der Waals surface area contributed by atoms with Crippen LogP contribution in [0.25, 0.3) is 0 Å². The van der Waals surface area contributed by atoms with E-state index in [-0.39, 0.29) is 0 Å². The monoisotopic (exact) mass is 285 g/mol. The number of rotatable bonds is 0. The van der Waals surface area contributed by atoms with Crippen LogP contribution in [-0.4, -0.2) is 21.1 Å². The van der Waals surface area contributed by atoms with Crippen molar-refractivity contribution in [3.05, 3.63) is 29.1 Å². The zero-order chi connectivity index (χ0) is 14.7. The highest BCUT2D eigenvalue weighted by molar-refractivity contribution is 6.84. The molecule has 1 rings (SSSR count). The zero-order valence-electron chi connectivity index (χ0n) is 13.1. The van der Waals surface area contributed by atoms with Gasteiger partial charge in [-0.3, -0.25) is 0 Å². The van der Waals surface area contributed by atoms with Crippen molar-refractivity contribution in [3.8, 4) is 22.9 Å². The van der Waals surface area contributed by atoms with Gasteiger partial charge in [0.1, 0.15) is 27.5 Å². The minimum Gasteiger partial charge on any atom is -0.231 e. The van der Waals surface area contributed by atoms with Crippen molar-refractivity contribution in [2.75, 3.05) is 0 Å². The fraction of sp³-hybridized carbons (Fsp3) is 0.438. The lowest BCUT2D eigenvalue weighted by molar-refractivity contribution is 1.22. The quantitative estimate of drug-likeness (QED) is 0.521. The third-order valence-corrected chi connectivity index (χ3v) is 3.85. The van der Waals surface area contributed by atoms with Gasteiger partial charge in [0.05, 0.1) is 0 Å². The molecule has 0 N–H and O–H groups in total. The normalized spacial score (nSPS) is 11.1. The summed E-state index contributed by atoms with van der Waals surface area (Å²) in [6.07, 6.45) is 0. The van der Waals surface area contributed by atoms with Gasteiger partial charge in [0.2, 0.25) is 0 Å². The minimum atomic E-state index is -1.35. The van der Waals surface area contributed by atoms with Crippen LogP contribution in [0.15, 0.2) is 12.1 Å². The van der Waals surface area contributed by atoms with Crippen LogP contribution in [0.5, 0.6) is 0 Å². The van der Waals surface area contributed by atoms with Gasteiger partial charge in [-0.2, -0.15) is 0 Å². The highest BCUT2D eigenvalue weighted by Gasteiger charge is 2.09. The number of aromatic nitrogens is 1. The van der Waals surface area contributed by atoms with E-state index in [2.05, 4.69) is 74.1 Å². The molecule has 0 aromatic carbocycles. The van der Waals surface area contributed by atoms with E-state index >= 15 is 0 Å². The zero-order valence-corrected chi connectivity index (χ0v) is 15.1. The van der Waals surface area contributed by atoms with Crippen LogP contribution in [0.1, 0.15) is 17.0 Å². The van der Waals surface area contributed by atoms with E-state index in [1.54, 1.807) is 0 Å². The molecule has 1 aromatic rings. The van der Waals surface area contributed by atoms with Gasteiger partial charge in [-0.1, -0.05) is 51.1 Å². The molecule has 19 heavy (non-hydrogen) atoms. The van der Waals surface area contributed by atoms with Crippen LogP contribution < -0.4 is 0 Å². The molecule has 0 fully saturated rings. The van der Waals surface area contributed by atoms with Crippen molar-refractivity contribution in [3.63, 3.8) is 0 Å². The molecule has 0 radical (unpaired) electrons. The van der Waals surface area contributed by atoms with Gasteiger partial charge in [0, 0.05) is 0 Å². The topological polar surface area (TPSA) is 12.9 Å². The number of pyridine rings is 1. The maximum absolute atomic E-state index is 4.54. The van der Waals surface area contributed by atoms with Crippen LogP contribution in [0.4, 0.5) is 0 Å². The molecular formula is C16H23NSi2. The Morgan fingerprint density at radius 2 is 1.16 bits per heavy atom. The Morgan fingerprint density at radius 3 is 1.47 bits per heavy atom. The molecule has 0 aliphatic carbocycles. The molecule has 0 atom stereocenters. The van der Waals surface area contributed by atoms with Crippen LogP contribution in [0.2, 0.25) is 39.3 Å². The van der Waals surface area contributed by atoms with Gasteiger partial charge < -0.3 is 0 Å². The van der Waals surface area contributed by atoms with E-state index in [1.807, 2.05) is 12.1 Å². The van der Waals surface area contributed by atoms with Crippen molar-refractivity contribution in [1.82, 2.24) is 4.98 Å². The van der Waals surface area contributed by atoms with Gasteiger partial charge in [-0.05, 0) is 24.6 Å². The van der Waals surface area contributed by atoms with Gasteiger partial charge in [0.15, 0.2) is 0 Å². The molecule has 0 aliphatic heterocycles. The van der Waals surface area contributed by atoms with Crippen LogP contribution in [0.3, 0.4) is 0 Å². The first-order valence-corrected chi connectivity index (χ1v) is 13.6. The molecule has 1 aromatic heterocycles. The van der Waals surface area contributed by atoms with Crippen molar-refractivity contribution in [2.45, 2.75) is 46.2 Å². The summed E-state index contributed by atoms with van der Waals surface area (Å²) < 4.78 is 0. The van der Waals surface area contributed by atoms with Gasteiger partial charge in [-0.15, -0.1) is 11.1 Å². The van der Waals surface area contributed by atoms with E-state index in [9.17, 15) is 0 Å². The van der Waals surface area contributed by atoms with E-state index in [0.29, 0.717) is 0 Å². The maximum Gasteiger partial charge on any atom is 0.129 e. The van der Waals surface area contributed by atoms with E-state index in [1.165, 1.54) is 5.56 Å². The first-order chi connectivity index (χ1) is 8.55. The summed E-state index contributed by atoms with van der Waals surface area (Å²) >= 11 is 0. The lowest BCUT2D eigenvalue weighted by Gasteiger charge is -2.04. The summed E-state index contributed by atoms with van der Waals surface area (Å²) in [5, 5.41) is 0. The fourth-order valence-electron chi connectivity index (χ4n) is 1.30. The summed E-state index contributed by atoms with van der Waals surface area (Å²) in [7, 11) is -2.71. The Kier molecular flexibility index (Phi) is 4.79. The number of nitrogens with zero attached hydrogens (tertiary/aromatic N) is 1. The van der Waals surface area contributed by atoms with E-state index in [4.69, 9.17) is 0 Å². The maximum atomic E-state index is 4.54. The summed E-state index contributed by atoms with van der Waals surface area (Å²) in [4.78, 5) is 4.54. The van der Waals surface area contributed by atoms with E-state index in [0.717, 1.165) is 11.4 Å². The lowest BCUT2D eigenvalue weighted by atomic mass is 10.2. The van der Waals surface area contributed by atoms with Crippen LogP contribution in [0, 0.1) is 29.9 Å². The fourth-order valence-corrected chi connectivity index (χ4v) is 2.30. The molecule has 0 spiro atoms. The SMILES string of the molecule is Cc1cc(C#C[Si](C)(C)C)nc(C#C[Si](C)(C)C)c1. The molecule has 0 saturated carbocycles. The Morgan fingerprint density at radius 1 is 0.789 bits per heavy atom.